The highest BCUT2D eigenvalue weighted by Gasteiger charge is 2.39. The van der Waals surface area contributed by atoms with Crippen LogP contribution in [0.25, 0.3) is 11.0 Å². The van der Waals surface area contributed by atoms with Crippen LogP contribution in [0.3, 0.4) is 0 Å². The molecule has 0 radical (unpaired) electrons. The van der Waals surface area contributed by atoms with Gasteiger partial charge in [0.25, 0.3) is 11.4 Å². The zero-order chi connectivity index (χ0) is 63.4. The second kappa shape index (κ2) is 31.3. The van der Waals surface area contributed by atoms with Crippen molar-refractivity contribution in [1.82, 2.24) is 46.8 Å². The van der Waals surface area contributed by atoms with Crippen molar-refractivity contribution in [3.63, 3.8) is 0 Å². The van der Waals surface area contributed by atoms with E-state index in [1.165, 1.54) is 37.5 Å². The van der Waals surface area contributed by atoms with Crippen LogP contribution < -0.4 is 53.3 Å². The molecule has 30 nitrogen and oxygen atoms in total. The number of halogens is 3. The number of anilines is 1. The number of nitro groups is 2. The Kier molecular flexibility index (Phi) is 24.4. The maximum absolute atomic E-state index is 14.1. The SMILES string of the molecule is CCC[C@H](NC(=O)CNC(=O)[C@H](CC1CCCCC1)NC(=O)[C@@H]1CCCN1C(=O)Cc1cc(=O)oc2cc(OC)ccc12)C(=O)N[C@@H](Cc1cnc[nH]1)C(=O)N[C@@H](C)C(=O)N[C@@H](CNc1ccc([N+](=O)[O-])cc1[N+](=O)[O-])C(N)=O.O=C(O)C(F)(F)F. The second-order valence-electron chi connectivity index (χ2n) is 20.2. The Morgan fingerprint density at radius 1 is 0.860 bits per heavy atom. The van der Waals surface area contributed by atoms with E-state index in [1.807, 2.05) is 0 Å². The number of primary amides is 1. The zero-order valence-electron chi connectivity index (χ0n) is 46.8. The molecule has 2 aliphatic rings. The van der Waals surface area contributed by atoms with Crippen LogP contribution in [0.1, 0.15) is 89.3 Å². The number of amides is 8. The number of hydrogen-bond acceptors (Lipinski definition) is 18. The highest BCUT2D eigenvalue weighted by Crippen LogP contribution is 2.30. The van der Waals surface area contributed by atoms with Crippen LogP contribution in [0.4, 0.5) is 30.2 Å². The van der Waals surface area contributed by atoms with Crippen LogP contribution in [0, 0.1) is 26.1 Å². The van der Waals surface area contributed by atoms with Crippen molar-refractivity contribution < 1.29 is 80.4 Å². The average molecular weight is 1210 g/mol. The number of imidazole rings is 1. The third-order valence-electron chi connectivity index (χ3n) is 14.0. The molecule has 2 fully saturated rings. The number of nitrogens with one attached hydrogen (secondary N) is 8. The standard InChI is InChI=1S/C51H65N13O15.C2HF3O2/c1-4-9-36(49(71)59-38(21-31-24-53-27-56-31)50(72)57-28(2)47(69)61-39(46(52)68)25-54-35-16-13-32(63(74)75)22-41(35)64(76)77)58-43(65)26-55-48(70)37(18-29-10-6-5-7-11-29)60-51(73)40-12-8-17-62(40)44(66)19-30-20-45(67)79-42-23-33(78-3)14-15-34(30)42;3-2(4,5)1(6)7/h13-16,20,22-24,27-29,36-40,54H,4-12,17-19,21,25-26H2,1-3H3,(H2,52,68)(H,53,56)(H,55,70)(H,57,72)(H,58,65)(H,59,71)(H,60,73)(H,61,69);(H,6,7)/t28-,36-,37-,38-,39-,40-;/m0./s1. The number of aliphatic carboxylic acids is 1. The third-order valence-corrected chi connectivity index (χ3v) is 14.0. The molecule has 1 aliphatic heterocycles. The molecule has 86 heavy (non-hydrogen) atoms. The molecule has 11 N–H and O–H groups in total. The van der Waals surface area contributed by atoms with E-state index in [0.29, 0.717) is 47.7 Å². The predicted molar refractivity (Wildman–Crippen MR) is 295 cm³/mol. The number of carbonyl (C=O) groups excluding carboxylic acids is 8. The third kappa shape index (κ3) is 19.7. The molecule has 2 aromatic carbocycles. The Balaban J connectivity index is 0.00000181. The highest BCUT2D eigenvalue weighted by atomic mass is 19.4. The number of nitrogens with two attached hydrogens (primary N) is 1. The van der Waals surface area contributed by atoms with Gasteiger partial charge in [-0.1, -0.05) is 45.4 Å². The van der Waals surface area contributed by atoms with E-state index in [1.54, 1.807) is 25.1 Å². The number of fused-ring (bicyclic) bond motifs is 1. The molecule has 3 heterocycles. The van der Waals surface area contributed by atoms with E-state index in [-0.39, 0.29) is 49.4 Å². The fourth-order valence-corrected chi connectivity index (χ4v) is 9.58. The number of carboxylic acids is 1. The number of nitrogens with zero attached hydrogens (tertiary/aromatic N) is 4. The predicted octanol–water partition coefficient (Wildman–Crippen LogP) is 1.68. The van der Waals surface area contributed by atoms with E-state index in [0.717, 1.165) is 44.2 Å². The minimum absolute atomic E-state index is 0.0912. The van der Waals surface area contributed by atoms with Crippen molar-refractivity contribution in [3.05, 3.63) is 96.9 Å². The molecule has 1 aliphatic carbocycles. The van der Waals surface area contributed by atoms with E-state index >= 15 is 0 Å². The number of H-pyrrole nitrogens is 1. The van der Waals surface area contributed by atoms with Gasteiger partial charge in [0.15, 0.2) is 0 Å². The van der Waals surface area contributed by atoms with Gasteiger partial charge in [0.2, 0.25) is 47.3 Å². The van der Waals surface area contributed by atoms with Crippen molar-refractivity contribution >= 4 is 81.3 Å². The Bertz CT molecular complexity index is 3190. The van der Waals surface area contributed by atoms with Crippen LogP contribution >= 0.6 is 0 Å². The minimum Gasteiger partial charge on any atom is -0.497 e. The van der Waals surface area contributed by atoms with E-state index in [4.69, 9.17) is 24.8 Å². The van der Waals surface area contributed by atoms with Gasteiger partial charge in [0, 0.05) is 55.0 Å². The molecular formula is C53H66F3N13O17. The number of hydrogen-bond donors (Lipinski definition) is 10. The summed E-state index contributed by atoms with van der Waals surface area (Å²) in [5.41, 5.74) is 4.45. The van der Waals surface area contributed by atoms with Gasteiger partial charge in [0.1, 0.15) is 53.3 Å². The smallest absolute Gasteiger partial charge is 0.490 e. The lowest BCUT2D eigenvalue weighted by Gasteiger charge is -2.29. The number of nitro benzene ring substituents is 2. The molecule has 6 atom stereocenters. The lowest BCUT2D eigenvalue weighted by molar-refractivity contribution is -0.393. The number of aromatic amines is 1. The van der Waals surface area contributed by atoms with Crippen molar-refractivity contribution in [2.75, 3.05) is 32.1 Å². The number of non-ortho nitro benzene ring substituents is 1. The first kappa shape index (κ1) is 67.1. The van der Waals surface area contributed by atoms with Crippen LogP contribution in [0.15, 0.2) is 64.2 Å². The first-order valence-electron chi connectivity index (χ1n) is 27.1. The molecule has 1 saturated carbocycles. The largest absolute Gasteiger partial charge is 0.497 e. The van der Waals surface area contributed by atoms with Gasteiger partial charge >= 0.3 is 17.8 Å². The number of ether oxygens (including phenoxy) is 1. The summed E-state index contributed by atoms with van der Waals surface area (Å²) in [5, 5.41) is 48.5. The Labute approximate surface area is 487 Å². The normalized spacial score (nSPS) is 15.8. The van der Waals surface area contributed by atoms with Gasteiger partial charge in [-0.3, -0.25) is 58.6 Å². The number of likely N-dealkylation sites (tertiary alicyclic amines) is 1. The Morgan fingerprint density at radius 3 is 2.16 bits per heavy atom. The van der Waals surface area contributed by atoms with E-state index in [2.05, 4.69) is 47.2 Å². The van der Waals surface area contributed by atoms with Crippen LogP contribution in [0.2, 0.25) is 0 Å². The van der Waals surface area contributed by atoms with Gasteiger partial charge in [-0.15, -0.1) is 0 Å². The van der Waals surface area contributed by atoms with Gasteiger partial charge in [-0.05, 0) is 62.3 Å². The summed E-state index contributed by atoms with van der Waals surface area (Å²) >= 11 is 0. The number of carboxylic acid groups (broad SMARTS) is 1. The molecular weight excluding hydrogens is 1150 g/mol. The number of rotatable bonds is 27. The van der Waals surface area contributed by atoms with Crippen molar-refractivity contribution in [2.24, 2.45) is 11.7 Å². The molecule has 6 rings (SSSR count). The molecule has 4 aromatic rings. The summed E-state index contributed by atoms with van der Waals surface area (Å²) in [6, 6.07) is 1.44. The Morgan fingerprint density at radius 2 is 1.55 bits per heavy atom. The van der Waals surface area contributed by atoms with Gasteiger partial charge < -0.3 is 67.1 Å². The van der Waals surface area contributed by atoms with Crippen LogP contribution in [-0.4, -0.2) is 152 Å². The molecule has 8 amide bonds. The molecule has 0 spiro atoms. The van der Waals surface area contributed by atoms with Gasteiger partial charge in [-0.2, -0.15) is 13.2 Å². The molecule has 0 unspecified atom stereocenters. The number of carbonyl (C=O) groups is 9. The topological polar surface area (TPSA) is 442 Å². The van der Waals surface area contributed by atoms with Crippen molar-refractivity contribution in [3.8, 4) is 5.75 Å². The highest BCUT2D eigenvalue weighted by molar-refractivity contribution is 5.97. The summed E-state index contributed by atoms with van der Waals surface area (Å²) < 4.78 is 42.3. The zero-order valence-corrected chi connectivity index (χ0v) is 46.8. The van der Waals surface area contributed by atoms with Crippen LogP contribution in [-0.2, 0) is 56.0 Å². The van der Waals surface area contributed by atoms with E-state index < -0.39 is 136 Å². The fraction of sp³-hybridized carbons (Fsp3) is 0.491. The van der Waals surface area contributed by atoms with Crippen molar-refractivity contribution in [1.29, 1.82) is 0 Å². The Hall–Kier alpha value is -9.72. The quantitative estimate of drug-likeness (QED) is 0.0231. The van der Waals surface area contributed by atoms with E-state index in [9.17, 15) is 76.6 Å². The first-order valence-corrected chi connectivity index (χ1v) is 27.1. The number of aromatic nitrogens is 2. The molecule has 1 saturated heterocycles. The molecule has 33 heteroatoms. The van der Waals surface area contributed by atoms with Gasteiger partial charge in [-0.25, -0.2) is 14.6 Å². The summed E-state index contributed by atoms with van der Waals surface area (Å²) in [7, 11) is 1.47. The molecule has 466 valence electrons. The number of alkyl halides is 3. The first-order chi connectivity index (χ1) is 40.7. The average Bonchev–Trinajstić information content (AvgIpc) is 1.95. The minimum atomic E-state index is -5.08. The summed E-state index contributed by atoms with van der Waals surface area (Å²) in [6.45, 7) is 2.20. The maximum atomic E-state index is 14.1. The second-order valence-corrected chi connectivity index (χ2v) is 20.2. The van der Waals surface area contributed by atoms with Crippen molar-refractivity contribution in [2.45, 2.75) is 133 Å². The summed E-state index contributed by atoms with van der Waals surface area (Å²) in [5.74, 6) is -8.22. The summed E-state index contributed by atoms with van der Waals surface area (Å²) in [4.78, 5) is 159. The number of methoxy groups -OCH3 is 1. The summed E-state index contributed by atoms with van der Waals surface area (Å²) in [6.07, 6.45) is 3.47. The lowest BCUT2D eigenvalue weighted by atomic mass is 9.84. The number of benzene rings is 2. The van der Waals surface area contributed by atoms with Gasteiger partial charge in [0.05, 0.1) is 42.3 Å². The molecule has 0 bridgehead atoms. The fourth-order valence-electron chi connectivity index (χ4n) is 9.58. The lowest BCUT2D eigenvalue weighted by Crippen LogP contribution is -2.59. The van der Waals surface area contributed by atoms with Crippen LogP contribution in [0.5, 0.6) is 5.75 Å². The monoisotopic (exact) mass is 1210 g/mol. The molecule has 2 aromatic heterocycles. The maximum Gasteiger partial charge on any atom is 0.490 e.